The van der Waals surface area contributed by atoms with Crippen LogP contribution in [0.15, 0.2) is 42.5 Å². The SMILES string of the molecule is Cc1cc(C)cc(C(O)CCN(C)c2cccc(C)c2)c1. The zero-order valence-electron chi connectivity index (χ0n) is 13.4. The Morgan fingerprint density at radius 1 is 0.952 bits per heavy atom. The number of anilines is 1. The van der Waals surface area contributed by atoms with E-state index in [4.69, 9.17) is 0 Å². The Hall–Kier alpha value is -1.80. The largest absolute Gasteiger partial charge is 0.388 e. The van der Waals surface area contributed by atoms with Crippen LogP contribution in [0.2, 0.25) is 0 Å². The predicted molar refractivity (Wildman–Crippen MR) is 89.9 cm³/mol. The number of rotatable bonds is 5. The van der Waals surface area contributed by atoms with Gasteiger partial charge < -0.3 is 10.0 Å². The molecule has 2 rings (SSSR count). The maximum absolute atomic E-state index is 10.4. The second-order valence-corrected chi connectivity index (χ2v) is 5.99. The molecule has 0 radical (unpaired) electrons. The van der Waals surface area contributed by atoms with Gasteiger partial charge in [0.1, 0.15) is 0 Å². The molecular weight excluding hydrogens is 258 g/mol. The van der Waals surface area contributed by atoms with Gasteiger partial charge >= 0.3 is 0 Å². The fourth-order valence-electron chi connectivity index (χ4n) is 2.68. The molecule has 2 aromatic carbocycles. The van der Waals surface area contributed by atoms with Gasteiger partial charge in [-0.15, -0.1) is 0 Å². The van der Waals surface area contributed by atoms with Crippen molar-refractivity contribution < 1.29 is 5.11 Å². The van der Waals surface area contributed by atoms with Crippen LogP contribution in [0.5, 0.6) is 0 Å². The Labute approximate surface area is 128 Å². The molecule has 21 heavy (non-hydrogen) atoms. The zero-order chi connectivity index (χ0) is 15.4. The van der Waals surface area contributed by atoms with Gasteiger partial charge in [0.15, 0.2) is 0 Å². The highest BCUT2D eigenvalue weighted by molar-refractivity contribution is 5.47. The quantitative estimate of drug-likeness (QED) is 0.890. The molecule has 2 aromatic rings. The third-order valence-electron chi connectivity index (χ3n) is 3.81. The van der Waals surface area contributed by atoms with Crippen LogP contribution in [0.3, 0.4) is 0 Å². The van der Waals surface area contributed by atoms with Crippen LogP contribution >= 0.6 is 0 Å². The third kappa shape index (κ3) is 4.33. The first-order valence-electron chi connectivity index (χ1n) is 7.50. The first-order valence-corrected chi connectivity index (χ1v) is 7.50. The van der Waals surface area contributed by atoms with Gasteiger partial charge in [-0.2, -0.15) is 0 Å². The van der Waals surface area contributed by atoms with Crippen molar-refractivity contribution in [1.29, 1.82) is 0 Å². The average molecular weight is 283 g/mol. The number of aliphatic hydroxyl groups is 1. The summed E-state index contributed by atoms with van der Waals surface area (Å²) in [6, 6.07) is 14.7. The summed E-state index contributed by atoms with van der Waals surface area (Å²) in [7, 11) is 2.07. The summed E-state index contributed by atoms with van der Waals surface area (Å²) < 4.78 is 0. The molecule has 0 saturated carbocycles. The minimum absolute atomic E-state index is 0.407. The summed E-state index contributed by atoms with van der Waals surface area (Å²) in [5.74, 6) is 0. The summed E-state index contributed by atoms with van der Waals surface area (Å²) in [4.78, 5) is 2.19. The molecule has 1 N–H and O–H groups in total. The lowest BCUT2D eigenvalue weighted by atomic mass is 10.0. The number of nitrogens with zero attached hydrogens (tertiary/aromatic N) is 1. The highest BCUT2D eigenvalue weighted by atomic mass is 16.3. The summed E-state index contributed by atoms with van der Waals surface area (Å²) in [5, 5.41) is 10.4. The lowest BCUT2D eigenvalue weighted by molar-refractivity contribution is 0.169. The molecule has 0 fully saturated rings. The van der Waals surface area contributed by atoms with E-state index in [1.54, 1.807) is 0 Å². The van der Waals surface area contributed by atoms with E-state index >= 15 is 0 Å². The molecule has 2 nitrogen and oxygen atoms in total. The van der Waals surface area contributed by atoms with Crippen LogP contribution in [0.1, 0.15) is 34.8 Å². The van der Waals surface area contributed by atoms with Gasteiger partial charge in [-0.3, -0.25) is 0 Å². The summed E-state index contributed by atoms with van der Waals surface area (Å²) in [6.07, 6.45) is 0.323. The summed E-state index contributed by atoms with van der Waals surface area (Å²) in [5.41, 5.74) is 5.88. The first kappa shape index (κ1) is 15.6. The van der Waals surface area contributed by atoms with E-state index in [0.29, 0.717) is 0 Å². The normalized spacial score (nSPS) is 12.2. The first-order chi connectivity index (χ1) is 9.95. The molecule has 0 amide bonds. The lowest BCUT2D eigenvalue weighted by Gasteiger charge is -2.22. The molecule has 0 bridgehead atoms. The van der Waals surface area contributed by atoms with E-state index in [9.17, 15) is 5.11 Å². The van der Waals surface area contributed by atoms with Crippen molar-refractivity contribution in [2.45, 2.75) is 33.3 Å². The molecule has 112 valence electrons. The Bertz CT molecular complexity index is 586. The predicted octanol–water partition coefficient (Wildman–Crippen LogP) is 4.17. The molecule has 0 aliphatic carbocycles. The highest BCUT2D eigenvalue weighted by Gasteiger charge is 2.10. The van der Waals surface area contributed by atoms with Gasteiger partial charge in [0, 0.05) is 19.3 Å². The van der Waals surface area contributed by atoms with Crippen molar-refractivity contribution in [2.75, 3.05) is 18.5 Å². The van der Waals surface area contributed by atoms with Crippen molar-refractivity contribution in [3.8, 4) is 0 Å². The van der Waals surface area contributed by atoms with E-state index in [0.717, 1.165) is 18.5 Å². The van der Waals surface area contributed by atoms with Gasteiger partial charge in [-0.05, 0) is 50.5 Å². The van der Waals surface area contributed by atoms with Crippen LogP contribution < -0.4 is 4.90 Å². The third-order valence-corrected chi connectivity index (χ3v) is 3.81. The Balaban J connectivity index is 1.98. The van der Waals surface area contributed by atoms with E-state index in [1.807, 2.05) is 0 Å². The molecule has 0 spiro atoms. The molecule has 2 heteroatoms. The molecule has 0 aliphatic rings. The van der Waals surface area contributed by atoms with Crippen LogP contribution in [0.4, 0.5) is 5.69 Å². The topological polar surface area (TPSA) is 23.5 Å². The maximum atomic E-state index is 10.4. The average Bonchev–Trinajstić information content (AvgIpc) is 2.43. The van der Waals surface area contributed by atoms with Crippen molar-refractivity contribution in [3.63, 3.8) is 0 Å². The highest BCUT2D eigenvalue weighted by Crippen LogP contribution is 2.21. The Morgan fingerprint density at radius 2 is 1.62 bits per heavy atom. The second kappa shape index (κ2) is 6.77. The summed E-state index contributed by atoms with van der Waals surface area (Å²) in [6.45, 7) is 7.07. The molecule has 1 unspecified atom stereocenters. The molecule has 0 aliphatic heterocycles. The number of aliphatic hydroxyl groups excluding tert-OH is 1. The smallest absolute Gasteiger partial charge is 0.0807 e. The van der Waals surface area contributed by atoms with Gasteiger partial charge in [0.05, 0.1) is 6.10 Å². The van der Waals surface area contributed by atoms with Gasteiger partial charge in [0.2, 0.25) is 0 Å². The van der Waals surface area contributed by atoms with E-state index in [2.05, 4.69) is 75.2 Å². The monoisotopic (exact) mass is 283 g/mol. The van der Waals surface area contributed by atoms with Gasteiger partial charge in [-0.1, -0.05) is 41.5 Å². The number of hydrogen-bond donors (Lipinski definition) is 1. The van der Waals surface area contributed by atoms with Crippen LogP contribution in [0.25, 0.3) is 0 Å². The van der Waals surface area contributed by atoms with Gasteiger partial charge in [-0.25, -0.2) is 0 Å². The zero-order valence-corrected chi connectivity index (χ0v) is 13.4. The lowest BCUT2D eigenvalue weighted by Crippen LogP contribution is -2.20. The number of hydrogen-bond acceptors (Lipinski definition) is 2. The standard InChI is InChI=1S/C19H25NO/c1-14-6-5-7-18(13-14)20(4)9-8-19(21)17-11-15(2)10-16(3)12-17/h5-7,10-13,19,21H,8-9H2,1-4H3. The second-order valence-electron chi connectivity index (χ2n) is 5.99. The summed E-state index contributed by atoms with van der Waals surface area (Å²) >= 11 is 0. The van der Waals surface area contributed by atoms with Crippen molar-refractivity contribution in [3.05, 3.63) is 64.7 Å². The van der Waals surface area contributed by atoms with Crippen LogP contribution in [-0.4, -0.2) is 18.7 Å². The number of benzene rings is 2. The van der Waals surface area contributed by atoms with Crippen LogP contribution in [0, 0.1) is 20.8 Å². The number of aryl methyl sites for hydroxylation is 3. The maximum Gasteiger partial charge on any atom is 0.0807 e. The van der Waals surface area contributed by atoms with E-state index < -0.39 is 6.10 Å². The van der Waals surface area contributed by atoms with E-state index in [-0.39, 0.29) is 0 Å². The molecule has 0 saturated heterocycles. The minimum Gasteiger partial charge on any atom is -0.388 e. The minimum atomic E-state index is -0.407. The van der Waals surface area contributed by atoms with Crippen molar-refractivity contribution in [1.82, 2.24) is 0 Å². The molecular formula is C19H25NO. The van der Waals surface area contributed by atoms with Crippen molar-refractivity contribution >= 4 is 5.69 Å². The van der Waals surface area contributed by atoms with E-state index in [1.165, 1.54) is 22.4 Å². The molecule has 0 heterocycles. The Kier molecular flexibility index (Phi) is 5.03. The Morgan fingerprint density at radius 3 is 2.24 bits per heavy atom. The fourth-order valence-corrected chi connectivity index (χ4v) is 2.68. The fraction of sp³-hybridized carbons (Fsp3) is 0.368. The van der Waals surface area contributed by atoms with Gasteiger partial charge in [0.25, 0.3) is 0 Å². The molecule has 1 atom stereocenters. The molecule has 0 aromatic heterocycles. The van der Waals surface area contributed by atoms with Crippen molar-refractivity contribution in [2.24, 2.45) is 0 Å². The van der Waals surface area contributed by atoms with Crippen LogP contribution in [-0.2, 0) is 0 Å².